The van der Waals surface area contributed by atoms with Crippen LogP contribution in [0.15, 0.2) is 0 Å². The molecule has 148 valence electrons. The molecular formula is C19H40N4O2. The summed E-state index contributed by atoms with van der Waals surface area (Å²) >= 11 is 0. The number of amides is 2. The minimum absolute atomic E-state index is 0.00586. The van der Waals surface area contributed by atoms with Gasteiger partial charge in [0.25, 0.3) is 0 Å². The first kappa shape index (κ1) is 23.9. The van der Waals surface area contributed by atoms with E-state index in [2.05, 4.69) is 17.8 Å². The van der Waals surface area contributed by atoms with E-state index in [1.54, 1.807) is 0 Å². The molecule has 0 bridgehead atoms. The summed E-state index contributed by atoms with van der Waals surface area (Å²) in [6.45, 7) is 2.21. The molecule has 0 saturated carbocycles. The van der Waals surface area contributed by atoms with Crippen LogP contribution in [0.25, 0.3) is 0 Å². The van der Waals surface area contributed by atoms with Crippen LogP contribution < -0.4 is 22.5 Å². The molecule has 0 aliphatic carbocycles. The minimum atomic E-state index is -0.0843. The maximum absolute atomic E-state index is 11.9. The summed E-state index contributed by atoms with van der Waals surface area (Å²) in [5.74, 6) is 10.3. The second-order valence-corrected chi connectivity index (χ2v) is 6.99. The van der Waals surface area contributed by atoms with Gasteiger partial charge in [-0.1, -0.05) is 77.6 Å². The summed E-state index contributed by atoms with van der Waals surface area (Å²) in [6, 6.07) is 0. The quantitative estimate of drug-likeness (QED) is 0.138. The van der Waals surface area contributed by atoms with Crippen LogP contribution in [0.1, 0.15) is 103 Å². The van der Waals surface area contributed by atoms with Gasteiger partial charge in [0, 0.05) is 12.3 Å². The summed E-state index contributed by atoms with van der Waals surface area (Å²) in [5, 5.41) is 0. The SMILES string of the molecule is CCCCCCCC(CCCCCCCCCC(=O)NN)C(=O)NN. The molecule has 0 spiro atoms. The maximum atomic E-state index is 11.9. The Balaban J connectivity index is 3.63. The van der Waals surface area contributed by atoms with Crippen LogP contribution in [0.5, 0.6) is 0 Å². The second kappa shape index (κ2) is 17.7. The second-order valence-electron chi connectivity index (χ2n) is 6.99. The lowest BCUT2D eigenvalue weighted by molar-refractivity contribution is -0.125. The van der Waals surface area contributed by atoms with E-state index in [-0.39, 0.29) is 17.7 Å². The van der Waals surface area contributed by atoms with E-state index in [1.807, 2.05) is 0 Å². The standard InChI is InChI=1S/C19H40N4O2/c1-2-3-4-8-11-14-17(19(25)23-21)15-12-9-6-5-7-10-13-16-18(24)22-20/h17H,2-16,20-21H2,1H3,(H,22,24)(H,23,25). The van der Waals surface area contributed by atoms with Gasteiger partial charge in [-0.25, -0.2) is 11.7 Å². The first-order valence-corrected chi connectivity index (χ1v) is 10.2. The van der Waals surface area contributed by atoms with Crippen molar-refractivity contribution in [2.45, 2.75) is 103 Å². The van der Waals surface area contributed by atoms with Crippen molar-refractivity contribution in [2.75, 3.05) is 0 Å². The average Bonchev–Trinajstić information content (AvgIpc) is 2.63. The van der Waals surface area contributed by atoms with Crippen molar-refractivity contribution in [2.24, 2.45) is 17.6 Å². The zero-order valence-corrected chi connectivity index (χ0v) is 16.2. The number of hydrogen-bond acceptors (Lipinski definition) is 4. The molecule has 0 aliphatic rings. The predicted molar refractivity (Wildman–Crippen MR) is 103 cm³/mol. The molecule has 0 aromatic heterocycles. The Bertz CT molecular complexity index is 337. The van der Waals surface area contributed by atoms with Crippen molar-refractivity contribution in [3.8, 4) is 0 Å². The normalized spacial score (nSPS) is 12.0. The molecule has 0 aromatic carbocycles. The highest BCUT2D eigenvalue weighted by Crippen LogP contribution is 2.19. The molecule has 6 nitrogen and oxygen atoms in total. The lowest BCUT2D eigenvalue weighted by atomic mass is 9.93. The van der Waals surface area contributed by atoms with Gasteiger partial charge >= 0.3 is 0 Å². The van der Waals surface area contributed by atoms with Crippen molar-refractivity contribution in [1.82, 2.24) is 10.9 Å². The van der Waals surface area contributed by atoms with Crippen molar-refractivity contribution < 1.29 is 9.59 Å². The highest BCUT2D eigenvalue weighted by atomic mass is 16.2. The highest BCUT2D eigenvalue weighted by molar-refractivity contribution is 5.77. The van der Waals surface area contributed by atoms with Crippen LogP contribution >= 0.6 is 0 Å². The van der Waals surface area contributed by atoms with Gasteiger partial charge in [-0.05, 0) is 19.3 Å². The fourth-order valence-corrected chi connectivity index (χ4v) is 3.15. The summed E-state index contributed by atoms with van der Waals surface area (Å²) in [4.78, 5) is 22.9. The molecule has 6 heteroatoms. The number of hydrazine groups is 2. The van der Waals surface area contributed by atoms with Crippen molar-refractivity contribution in [3.05, 3.63) is 0 Å². The zero-order valence-electron chi connectivity index (χ0n) is 16.2. The van der Waals surface area contributed by atoms with Gasteiger partial charge in [0.1, 0.15) is 0 Å². The first-order valence-electron chi connectivity index (χ1n) is 10.2. The molecule has 1 unspecified atom stereocenters. The van der Waals surface area contributed by atoms with Crippen LogP contribution in [0.2, 0.25) is 0 Å². The fraction of sp³-hybridized carbons (Fsp3) is 0.895. The molecule has 6 N–H and O–H groups in total. The predicted octanol–water partition coefficient (Wildman–Crippen LogP) is 3.45. The van der Waals surface area contributed by atoms with E-state index in [0.29, 0.717) is 6.42 Å². The van der Waals surface area contributed by atoms with Gasteiger partial charge in [-0.2, -0.15) is 0 Å². The largest absolute Gasteiger partial charge is 0.294 e. The first-order chi connectivity index (χ1) is 12.2. The highest BCUT2D eigenvalue weighted by Gasteiger charge is 2.16. The summed E-state index contributed by atoms with van der Waals surface area (Å²) in [5.41, 5.74) is 4.48. The number of nitrogens with one attached hydrogen (secondary N) is 2. The van der Waals surface area contributed by atoms with Crippen LogP contribution in [0.3, 0.4) is 0 Å². The summed E-state index contributed by atoms with van der Waals surface area (Å²) < 4.78 is 0. The Labute approximate surface area is 153 Å². The van der Waals surface area contributed by atoms with E-state index >= 15 is 0 Å². The number of rotatable bonds is 17. The van der Waals surface area contributed by atoms with Gasteiger partial charge in [0.05, 0.1) is 0 Å². The maximum Gasteiger partial charge on any atom is 0.236 e. The van der Waals surface area contributed by atoms with Crippen LogP contribution in [0, 0.1) is 5.92 Å². The molecule has 0 heterocycles. The van der Waals surface area contributed by atoms with Gasteiger partial charge in [-0.3, -0.25) is 20.4 Å². The van der Waals surface area contributed by atoms with E-state index in [9.17, 15) is 9.59 Å². The van der Waals surface area contributed by atoms with Crippen LogP contribution in [0.4, 0.5) is 0 Å². The van der Waals surface area contributed by atoms with E-state index in [4.69, 9.17) is 11.7 Å². The molecule has 1 atom stereocenters. The molecule has 25 heavy (non-hydrogen) atoms. The number of carbonyl (C=O) groups is 2. The topological polar surface area (TPSA) is 110 Å². The minimum Gasteiger partial charge on any atom is -0.294 e. The van der Waals surface area contributed by atoms with E-state index in [1.165, 1.54) is 38.5 Å². The average molecular weight is 357 g/mol. The molecule has 0 rings (SSSR count). The third-order valence-electron chi connectivity index (χ3n) is 4.79. The third-order valence-corrected chi connectivity index (χ3v) is 4.79. The van der Waals surface area contributed by atoms with Gasteiger partial charge < -0.3 is 0 Å². The number of carbonyl (C=O) groups excluding carboxylic acids is 2. The van der Waals surface area contributed by atoms with Crippen LogP contribution in [-0.2, 0) is 9.59 Å². The molecule has 0 radical (unpaired) electrons. The Morgan fingerprint density at radius 3 is 1.68 bits per heavy atom. The monoisotopic (exact) mass is 356 g/mol. The fourth-order valence-electron chi connectivity index (χ4n) is 3.15. The van der Waals surface area contributed by atoms with E-state index in [0.717, 1.165) is 51.4 Å². The molecule has 0 saturated heterocycles. The Morgan fingerprint density at radius 2 is 1.20 bits per heavy atom. The Morgan fingerprint density at radius 1 is 0.720 bits per heavy atom. The van der Waals surface area contributed by atoms with Gasteiger partial charge in [0.15, 0.2) is 0 Å². The molecule has 2 amide bonds. The van der Waals surface area contributed by atoms with Gasteiger partial charge in [-0.15, -0.1) is 0 Å². The molecule has 0 aromatic rings. The van der Waals surface area contributed by atoms with Crippen LogP contribution in [-0.4, -0.2) is 11.8 Å². The number of hydrogen-bond donors (Lipinski definition) is 4. The van der Waals surface area contributed by atoms with Crippen molar-refractivity contribution in [1.29, 1.82) is 0 Å². The lowest BCUT2D eigenvalue weighted by Crippen LogP contribution is -2.35. The molecular weight excluding hydrogens is 316 g/mol. The zero-order chi connectivity index (χ0) is 18.8. The number of unbranched alkanes of at least 4 members (excludes halogenated alkanes) is 10. The Hall–Kier alpha value is -1.14. The summed E-state index contributed by atoms with van der Waals surface area (Å²) in [6.07, 6.45) is 16.3. The van der Waals surface area contributed by atoms with Gasteiger partial charge in [0.2, 0.25) is 11.8 Å². The van der Waals surface area contributed by atoms with Crippen molar-refractivity contribution >= 4 is 11.8 Å². The van der Waals surface area contributed by atoms with Crippen molar-refractivity contribution in [3.63, 3.8) is 0 Å². The number of nitrogens with two attached hydrogens (primary N) is 2. The Kier molecular flexibility index (Phi) is 16.9. The summed E-state index contributed by atoms with van der Waals surface area (Å²) in [7, 11) is 0. The smallest absolute Gasteiger partial charge is 0.236 e. The van der Waals surface area contributed by atoms with E-state index < -0.39 is 0 Å². The third kappa shape index (κ3) is 14.9. The lowest BCUT2D eigenvalue weighted by Gasteiger charge is -2.15. The molecule has 0 aliphatic heterocycles. The molecule has 0 fully saturated rings.